The molecule has 0 bridgehead atoms. The molecule has 0 spiro atoms. The summed E-state index contributed by atoms with van der Waals surface area (Å²) < 4.78 is 0. The molecular formula is C11H10N2O4. The van der Waals surface area contributed by atoms with E-state index in [0.29, 0.717) is 10.6 Å². The fraction of sp³-hybridized carbons (Fsp3) is 0.273. The number of pyridine rings is 1. The molecule has 2 heterocycles. The molecular weight excluding hydrogens is 224 g/mol. The fourth-order valence-electron chi connectivity index (χ4n) is 1.48. The lowest BCUT2D eigenvalue weighted by molar-refractivity contribution is -0.172. The number of carbonyl (C=O) groups is 3. The van der Waals surface area contributed by atoms with E-state index in [4.69, 9.17) is 4.84 Å². The third-order valence-corrected chi connectivity index (χ3v) is 2.38. The molecule has 6 heteroatoms. The number of imide groups is 1. The minimum atomic E-state index is -0.799. The van der Waals surface area contributed by atoms with Crippen molar-refractivity contribution in [3.05, 3.63) is 29.6 Å². The van der Waals surface area contributed by atoms with Crippen molar-refractivity contribution < 1.29 is 19.2 Å². The van der Waals surface area contributed by atoms with Crippen molar-refractivity contribution in [1.82, 2.24) is 10.0 Å². The molecule has 6 nitrogen and oxygen atoms in total. The Hall–Kier alpha value is -2.24. The van der Waals surface area contributed by atoms with Crippen LogP contribution in [0.15, 0.2) is 18.3 Å². The van der Waals surface area contributed by atoms with Crippen LogP contribution in [0.4, 0.5) is 0 Å². The highest BCUT2D eigenvalue weighted by atomic mass is 16.7. The Morgan fingerprint density at radius 3 is 2.59 bits per heavy atom. The molecule has 1 aromatic rings. The average Bonchev–Trinajstić information content (AvgIpc) is 2.61. The van der Waals surface area contributed by atoms with E-state index in [1.54, 1.807) is 19.1 Å². The van der Waals surface area contributed by atoms with Gasteiger partial charge in [0.1, 0.15) is 0 Å². The number of amides is 2. The molecule has 1 saturated heterocycles. The molecule has 88 valence electrons. The van der Waals surface area contributed by atoms with Crippen molar-refractivity contribution in [2.24, 2.45) is 0 Å². The maximum absolute atomic E-state index is 11.7. The highest BCUT2D eigenvalue weighted by molar-refractivity contribution is 6.02. The standard InChI is InChI=1S/C11H10N2O4/c1-7-3-2-6-12-10(7)11(16)17-13-8(14)4-5-9(13)15/h2-3,6H,4-5H2,1H3. The minimum Gasteiger partial charge on any atom is -0.323 e. The van der Waals surface area contributed by atoms with Crippen LogP contribution >= 0.6 is 0 Å². The number of hydrogen-bond acceptors (Lipinski definition) is 5. The number of carbonyl (C=O) groups excluding carboxylic acids is 3. The normalized spacial score (nSPS) is 15.2. The molecule has 2 rings (SSSR count). The van der Waals surface area contributed by atoms with Gasteiger partial charge in [0.15, 0.2) is 5.69 Å². The average molecular weight is 234 g/mol. The molecule has 2 amide bonds. The van der Waals surface area contributed by atoms with E-state index in [2.05, 4.69) is 4.98 Å². The van der Waals surface area contributed by atoms with Gasteiger partial charge in [0, 0.05) is 19.0 Å². The summed E-state index contributed by atoms with van der Waals surface area (Å²) in [5.74, 6) is -1.81. The van der Waals surface area contributed by atoms with Gasteiger partial charge in [0.25, 0.3) is 11.8 Å². The van der Waals surface area contributed by atoms with Gasteiger partial charge < -0.3 is 4.84 Å². The molecule has 0 aromatic carbocycles. The lowest BCUT2D eigenvalue weighted by atomic mass is 10.2. The second kappa shape index (κ2) is 4.32. The van der Waals surface area contributed by atoms with Gasteiger partial charge in [0.2, 0.25) is 0 Å². The Morgan fingerprint density at radius 2 is 2.00 bits per heavy atom. The Kier molecular flexibility index (Phi) is 2.86. The van der Waals surface area contributed by atoms with Crippen molar-refractivity contribution >= 4 is 17.8 Å². The molecule has 1 fully saturated rings. The highest BCUT2D eigenvalue weighted by Crippen LogP contribution is 2.14. The summed E-state index contributed by atoms with van der Waals surface area (Å²) in [6, 6.07) is 3.37. The van der Waals surface area contributed by atoms with Crippen molar-refractivity contribution in [2.45, 2.75) is 19.8 Å². The van der Waals surface area contributed by atoms with Crippen LogP contribution in [0.1, 0.15) is 28.9 Å². The van der Waals surface area contributed by atoms with E-state index in [1.165, 1.54) is 6.20 Å². The molecule has 0 unspecified atom stereocenters. The number of aromatic nitrogens is 1. The Morgan fingerprint density at radius 1 is 1.35 bits per heavy atom. The molecule has 0 radical (unpaired) electrons. The molecule has 1 aliphatic rings. The van der Waals surface area contributed by atoms with E-state index < -0.39 is 17.8 Å². The molecule has 0 saturated carbocycles. The van der Waals surface area contributed by atoms with E-state index >= 15 is 0 Å². The first-order chi connectivity index (χ1) is 8.09. The molecule has 1 aromatic heterocycles. The Labute approximate surface area is 97.1 Å². The lowest BCUT2D eigenvalue weighted by Crippen LogP contribution is -2.32. The number of rotatable bonds is 2. The van der Waals surface area contributed by atoms with Crippen molar-refractivity contribution in [3.63, 3.8) is 0 Å². The van der Waals surface area contributed by atoms with Gasteiger partial charge in [0.05, 0.1) is 0 Å². The fourth-order valence-corrected chi connectivity index (χ4v) is 1.48. The number of hydrogen-bond donors (Lipinski definition) is 0. The third kappa shape index (κ3) is 2.15. The highest BCUT2D eigenvalue weighted by Gasteiger charge is 2.33. The topological polar surface area (TPSA) is 76.6 Å². The van der Waals surface area contributed by atoms with Crippen LogP contribution < -0.4 is 0 Å². The number of nitrogens with zero attached hydrogens (tertiary/aromatic N) is 2. The smallest absolute Gasteiger partial charge is 0.323 e. The van der Waals surface area contributed by atoms with Crippen LogP contribution in [0, 0.1) is 6.92 Å². The zero-order chi connectivity index (χ0) is 12.4. The van der Waals surface area contributed by atoms with E-state index in [-0.39, 0.29) is 18.5 Å². The zero-order valence-corrected chi connectivity index (χ0v) is 9.17. The van der Waals surface area contributed by atoms with E-state index in [9.17, 15) is 14.4 Å². The zero-order valence-electron chi connectivity index (χ0n) is 9.17. The Bertz CT molecular complexity index is 482. The first-order valence-corrected chi connectivity index (χ1v) is 5.09. The molecule has 0 atom stereocenters. The quantitative estimate of drug-likeness (QED) is 0.701. The van der Waals surface area contributed by atoms with Crippen LogP contribution in [-0.4, -0.2) is 27.8 Å². The van der Waals surface area contributed by atoms with Gasteiger partial charge in [-0.05, 0) is 18.6 Å². The predicted molar refractivity (Wildman–Crippen MR) is 55.5 cm³/mol. The molecule has 1 aliphatic heterocycles. The summed E-state index contributed by atoms with van der Waals surface area (Å²) >= 11 is 0. The molecule has 0 N–H and O–H groups in total. The van der Waals surface area contributed by atoms with Crippen molar-refractivity contribution in [2.75, 3.05) is 0 Å². The second-order valence-electron chi connectivity index (χ2n) is 3.63. The maximum Gasteiger partial charge on any atom is 0.382 e. The van der Waals surface area contributed by atoms with Crippen LogP contribution in [0.5, 0.6) is 0 Å². The van der Waals surface area contributed by atoms with Crippen LogP contribution in [0.3, 0.4) is 0 Å². The van der Waals surface area contributed by atoms with Gasteiger partial charge in [-0.25, -0.2) is 9.78 Å². The summed E-state index contributed by atoms with van der Waals surface area (Å²) in [6.45, 7) is 1.69. The first kappa shape index (κ1) is 11.3. The van der Waals surface area contributed by atoms with Gasteiger partial charge in [-0.2, -0.15) is 0 Å². The third-order valence-electron chi connectivity index (χ3n) is 2.38. The van der Waals surface area contributed by atoms with Gasteiger partial charge in [-0.1, -0.05) is 6.07 Å². The van der Waals surface area contributed by atoms with Crippen molar-refractivity contribution in [1.29, 1.82) is 0 Å². The van der Waals surface area contributed by atoms with Crippen LogP contribution in [0.2, 0.25) is 0 Å². The first-order valence-electron chi connectivity index (χ1n) is 5.09. The molecule has 0 aliphatic carbocycles. The summed E-state index contributed by atoms with van der Waals surface area (Å²) in [5, 5.41) is 0.510. The largest absolute Gasteiger partial charge is 0.382 e. The second-order valence-corrected chi connectivity index (χ2v) is 3.63. The Balaban J connectivity index is 2.15. The summed E-state index contributed by atoms with van der Waals surface area (Å²) in [4.78, 5) is 42.8. The maximum atomic E-state index is 11.7. The molecule has 17 heavy (non-hydrogen) atoms. The van der Waals surface area contributed by atoms with Gasteiger partial charge in [-0.3, -0.25) is 9.59 Å². The monoisotopic (exact) mass is 234 g/mol. The van der Waals surface area contributed by atoms with Gasteiger partial charge >= 0.3 is 5.97 Å². The summed E-state index contributed by atoms with van der Waals surface area (Å²) in [6.07, 6.45) is 1.60. The number of aryl methyl sites for hydroxylation is 1. The number of hydroxylamine groups is 2. The minimum absolute atomic E-state index is 0.0767. The van der Waals surface area contributed by atoms with Crippen LogP contribution in [0.25, 0.3) is 0 Å². The van der Waals surface area contributed by atoms with Crippen LogP contribution in [-0.2, 0) is 14.4 Å². The van der Waals surface area contributed by atoms with E-state index in [1.807, 2.05) is 0 Å². The predicted octanol–water partition coefficient (Wildman–Crippen LogP) is 0.611. The SMILES string of the molecule is Cc1cccnc1C(=O)ON1C(=O)CCC1=O. The summed E-state index contributed by atoms with van der Waals surface area (Å²) in [7, 11) is 0. The van der Waals surface area contributed by atoms with E-state index in [0.717, 1.165) is 0 Å². The van der Waals surface area contributed by atoms with Crippen molar-refractivity contribution in [3.8, 4) is 0 Å². The lowest BCUT2D eigenvalue weighted by Gasteiger charge is -2.12. The van der Waals surface area contributed by atoms with Gasteiger partial charge in [-0.15, -0.1) is 5.06 Å². The summed E-state index contributed by atoms with van der Waals surface area (Å²) in [5.41, 5.74) is 0.719.